The molecule has 9 heteroatoms. The first-order valence-electron chi connectivity index (χ1n) is 15.2. The Morgan fingerprint density at radius 3 is 2.74 bits per heavy atom. The number of amides is 1. The topological polar surface area (TPSA) is 81.5 Å². The zero-order chi connectivity index (χ0) is 29.3. The number of aryl methyl sites for hydroxylation is 1. The Labute approximate surface area is 249 Å². The van der Waals surface area contributed by atoms with Gasteiger partial charge in [0.2, 0.25) is 11.9 Å². The third-order valence-corrected chi connectivity index (χ3v) is 9.83. The Balaban J connectivity index is 1.26. The van der Waals surface area contributed by atoms with E-state index in [4.69, 9.17) is 14.5 Å². The van der Waals surface area contributed by atoms with Crippen molar-refractivity contribution < 1.29 is 14.3 Å². The number of carbonyl (C=O) groups is 1. The zero-order valence-electron chi connectivity index (χ0n) is 25.2. The molecule has 8 nitrogen and oxygen atoms in total. The predicted molar refractivity (Wildman–Crippen MR) is 170 cm³/mol. The van der Waals surface area contributed by atoms with Crippen LogP contribution in [0.25, 0.3) is 11.0 Å². The highest BCUT2D eigenvalue weighted by atomic mass is 28.3. The van der Waals surface area contributed by atoms with Gasteiger partial charge < -0.3 is 19.7 Å². The van der Waals surface area contributed by atoms with Gasteiger partial charge in [0.05, 0.1) is 11.0 Å². The molecule has 0 aliphatic carbocycles. The summed E-state index contributed by atoms with van der Waals surface area (Å²) in [6.07, 6.45) is 5.85. The summed E-state index contributed by atoms with van der Waals surface area (Å²) in [5.74, 6) is 3.08. The van der Waals surface area contributed by atoms with Crippen LogP contribution >= 0.6 is 0 Å². The zero-order valence-corrected chi connectivity index (χ0v) is 26.2. The van der Waals surface area contributed by atoms with E-state index in [-0.39, 0.29) is 5.91 Å². The van der Waals surface area contributed by atoms with Crippen molar-refractivity contribution in [3.63, 3.8) is 0 Å². The van der Waals surface area contributed by atoms with Crippen LogP contribution in [0, 0.1) is 0 Å². The molecule has 2 aromatic heterocycles. The van der Waals surface area contributed by atoms with Gasteiger partial charge in [-0.25, -0.2) is 9.97 Å². The molecule has 0 atom stereocenters. The molecule has 1 N–H and O–H groups in total. The van der Waals surface area contributed by atoms with Crippen LogP contribution in [-0.2, 0) is 42.1 Å². The summed E-state index contributed by atoms with van der Waals surface area (Å²) < 4.78 is 14.9. The number of aromatic nitrogens is 3. The number of hydrogen-bond donors (Lipinski definition) is 1. The lowest BCUT2D eigenvalue weighted by Gasteiger charge is -2.30. The Bertz CT molecular complexity index is 1610. The van der Waals surface area contributed by atoms with Crippen LogP contribution in [0.15, 0.2) is 48.7 Å². The lowest BCUT2D eigenvalue weighted by Crippen LogP contribution is -2.33. The van der Waals surface area contributed by atoms with Crippen LogP contribution in [0.1, 0.15) is 42.0 Å². The average Bonchev–Trinajstić information content (AvgIpc) is 3.32. The lowest BCUT2D eigenvalue weighted by atomic mass is 9.99. The van der Waals surface area contributed by atoms with Crippen molar-refractivity contribution in [1.29, 1.82) is 0 Å². The molecule has 0 saturated carbocycles. The fourth-order valence-corrected chi connectivity index (χ4v) is 6.51. The first-order chi connectivity index (χ1) is 20.3. The molecule has 0 saturated heterocycles. The molecular weight excluding hydrogens is 542 g/mol. The van der Waals surface area contributed by atoms with E-state index in [9.17, 15) is 4.79 Å². The van der Waals surface area contributed by atoms with Gasteiger partial charge in [-0.1, -0.05) is 45.1 Å². The molecule has 2 aromatic carbocycles. The Hall–Kier alpha value is -3.69. The molecule has 42 heavy (non-hydrogen) atoms. The highest BCUT2D eigenvalue weighted by Crippen LogP contribution is 2.35. The Morgan fingerprint density at radius 2 is 1.90 bits per heavy atom. The maximum Gasteiger partial charge on any atom is 0.225 e. The van der Waals surface area contributed by atoms with E-state index in [1.54, 1.807) is 6.20 Å². The van der Waals surface area contributed by atoms with Crippen molar-refractivity contribution >= 4 is 36.8 Å². The average molecular weight is 584 g/mol. The van der Waals surface area contributed by atoms with E-state index < -0.39 is 8.07 Å². The monoisotopic (exact) mass is 583 g/mol. The van der Waals surface area contributed by atoms with E-state index in [1.165, 1.54) is 16.7 Å². The number of ether oxygens (including phenoxy) is 2. The number of anilines is 2. The van der Waals surface area contributed by atoms with E-state index >= 15 is 0 Å². The molecule has 0 bridgehead atoms. The standard InChI is InChI=1S/C33H41N5O3Si/c1-5-6-23-7-11-29-28(19-23)35-33(38(29)22-40-17-18-42(2,3)4)37-16-14-24-8-9-26(20-25(24)21-37)41-30-13-15-34-32-27(30)10-12-31(39)36-32/h7-9,11,13,15,19-20H,5-6,10,12,14,16-18,21-22H2,1-4H3,(H,34,36,39). The summed E-state index contributed by atoms with van der Waals surface area (Å²) in [6.45, 7) is 12.3. The molecule has 220 valence electrons. The first kappa shape index (κ1) is 28.4. The van der Waals surface area contributed by atoms with E-state index in [2.05, 4.69) is 76.7 Å². The number of hydrogen-bond acceptors (Lipinski definition) is 6. The molecule has 6 rings (SSSR count). The van der Waals surface area contributed by atoms with Gasteiger partial charge in [-0.05, 0) is 72.3 Å². The fraction of sp³-hybridized carbons (Fsp3) is 0.424. The van der Waals surface area contributed by atoms with Gasteiger partial charge in [0, 0.05) is 46.0 Å². The number of rotatable bonds is 10. The Kier molecular flexibility index (Phi) is 8.05. The SMILES string of the molecule is CCCc1ccc2c(c1)nc(N1CCc3ccc(Oc4ccnc5c4CCC(=O)N5)cc3C1)n2COCC[Si](C)(C)C. The third kappa shape index (κ3) is 6.22. The minimum Gasteiger partial charge on any atom is -0.457 e. The second-order valence-electron chi connectivity index (χ2n) is 12.6. The normalized spacial score (nSPS) is 15.0. The number of nitrogens with one attached hydrogen (secondary N) is 1. The van der Waals surface area contributed by atoms with Crippen molar-refractivity contribution in [3.05, 3.63) is 70.9 Å². The van der Waals surface area contributed by atoms with Crippen molar-refractivity contribution in [1.82, 2.24) is 14.5 Å². The van der Waals surface area contributed by atoms with Crippen molar-refractivity contribution in [2.45, 2.75) is 78.0 Å². The molecule has 0 unspecified atom stereocenters. The van der Waals surface area contributed by atoms with Gasteiger partial charge in [0.25, 0.3) is 0 Å². The van der Waals surface area contributed by atoms with E-state index in [1.807, 2.05) is 12.1 Å². The lowest BCUT2D eigenvalue weighted by molar-refractivity contribution is -0.116. The first-order valence-corrected chi connectivity index (χ1v) is 18.9. The number of pyridine rings is 1. The smallest absolute Gasteiger partial charge is 0.225 e. The summed E-state index contributed by atoms with van der Waals surface area (Å²) in [5.41, 5.74) is 6.99. The molecule has 1 amide bonds. The predicted octanol–water partition coefficient (Wildman–Crippen LogP) is 6.94. The Morgan fingerprint density at radius 1 is 1.02 bits per heavy atom. The van der Waals surface area contributed by atoms with Crippen molar-refractivity contribution in [2.24, 2.45) is 0 Å². The fourth-order valence-electron chi connectivity index (χ4n) is 5.76. The molecule has 0 fully saturated rings. The minimum absolute atomic E-state index is 0.00455. The highest BCUT2D eigenvalue weighted by Gasteiger charge is 2.24. The molecular formula is C33H41N5O3Si. The maximum atomic E-state index is 11.8. The van der Waals surface area contributed by atoms with Gasteiger partial charge in [0.15, 0.2) is 0 Å². The second kappa shape index (κ2) is 11.9. The molecule has 2 aliphatic rings. The van der Waals surface area contributed by atoms with Crippen molar-refractivity contribution in [2.75, 3.05) is 23.4 Å². The molecule has 4 heterocycles. The van der Waals surface area contributed by atoms with Gasteiger partial charge in [-0.3, -0.25) is 9.36 Å². The second-order valence-corrected chi connectivity index (χ2v) is 18.3. The van der Waals surface area contributed by atoms with Crippen LogP contribution in [-0.4, -0.2) is 41.7 Å². The molecule has 0 radical (unpaired) electrons. The number of benzene rings is 2. The quantitative estimate of drug-likeness (QED) is 0.161. The van der Waals surface area contributed by atoms with Crippen LogP contribution in [0.2, 0.25) is 25.7 Å². The summed E-state index contributed by atoms with van der Waals surface area (Å²) in [6, 6.07) is 16.1. The minimum atomic E-state index is -1.17. The number of nitrogens with zero attached hydrogens (tertiary/aromatic N) is 4. The largest absolute Gasteiger partial charge is 0.457 e. The summed E-state index contributed by atoms with van der Waals surface area (Å²) in [4.78, 5) is 23.7. The number of imidazole rings is 1. The van der Waals surface area contributed by atoms with Crippen LogP contribution in [0.5, 0.6) is 11.5 Å². The molecule has 4 aromatic rings. The third-order valence-electron chi connectivity index (χ3n) is 8.12. The highest BCUT2D eigenvalue weighted by molar-refractivity contribution is 6.76. The number of carbonyl (C=O) groups excluding carboxylic acids is 1. The van der Waals surface area contributed by atoms with Gasteiger partial charge in [-0.2, -0.15) is 0 Å². The van der Waals surface area contributed by atoms with E-state index in [0.29, 0.717) is 25.4 Å². The molecule has 2 aliphatic heterocycles. The van der Waals surface area contributed by atoms with Crippen molar-refractivity contribution in [3.8, 4) is 11.5 Å². The number of fused-ring (bicyclic) bond motifs is 3. The van der Waals surface area contributed by atoms with Gasteiger partial charge >= 0.3 is 0 Å². The summed E-state index contributed by atoms with van der Waals surface area (Å²) in [5, 5.41) is 2.86. The summed E-state index contributed by atoms with van der Waals surface area (Å²) >= 11 is 0. The van der Waals surface area contributed by atoms with Gasteiger partial charge in [0.1, 0.15) is 24.0 Å². The summed E-state index contributed by atoms with van der Waals surface area (Å²) in [7, 11) is -1.17. The van der Waals surface area contributed by atoms with Crippen LogP contribution in [0.3, 0.4) is 0 Å². The van der Waals surface area contributed by atoms with Crippen LogP contribution in [0.4, 0.5) is 11.8 Å². The van der Waals surface area contributed by atoms with Gasteiger partial charge in [-0.15, -0.1) is 0 Å². The maximum absolute atomic E-state index is 11.8. The van der Waals surface area contributed by atoms with Crippen LogP contribution < -0.4 is 15.0 Å². The molecule has 0 spiro atoms. The van der Waals surface area contributed by atoms with E-state index in [0.717, 1.165) is 79.0 Å².